The standard InChI is InChI=1S/C13H11N3O4/c1-18-13(17)20-11-5-4-10(19-11)7-2-3-9-8(6-7)12(14)16-15-9/h2-6H,1H3,(H3,14,15,16). The van der Waals surface area contributed by atoms with Crippen molar-refractivity contribution in [3.05, 3.63) is 30.3 Å². The van der Waals surface area contributed by atoms with E-state index in [1.165, 1.54) is 13.2 Å². The summed E-state index contributed by atoms with van der Waals surface area (Å²) in [4.78, 5) is 11.0. The highest BCUT2D eigenvalue weighted by Crippen LogP contribution is 2.29. The molecule has 1 aromatic carbocycles. The monoisotopic (exact) mass is 273 g/mol. The number of H-pyrrole nitrogens is 1. The van der Waals surface area contributed by atoms with E-state index in [2.05, 4.69) is 14.9 Å². The minimum absolute atomic E-state index is 0.0621. The second-order valence-electron chi connectivity index (χ2n) is 4.04. The average Bonchev–Trinajstić information content (AvgIpc) is 3.06. The number of nitrogen functional groups attached to an aromatic ring is 1. The first kappa shape index (κ1) is 12.1. The van der Waals surface area contributed by atoms with Gasteiger partial charge in [-0.25, -0.2) is 4.79 Å². The van der Waals surface area contributed by atoms with Crippen molar-refractivity contribution in [2.75, 3.05) is 12.8 Å². The smallest absolute Gasteiger partial charge is 0.437 e. The fourth-order valence-corrected chi connectivity index (χ4v) is 1.84. The van der Waals surface area contributed by atoms with Gasteiger partial charge in [0.25, 0.3) is 5.95 Å². The number of carbonyl (C=O) groups excluding carboxylic acids is 1. The first-order chi connectivity index (χ1) is 9.67. The van der Waals surface area contributed by atoms with Crippen LogP contribution in [0.2, 0.25) is 0 Å². The lowest BCUT2D eigenvalue weighted by molar-refractivity contribution is 0.111. The minimum atomic E-state index is -0.833. The summed E-state index contributed by atoms with van der Waals surface area (Å²) >= 11 is 0. The van der Waals surface area contributed by atoms with Crippen molar-refractivity contribution in [2.45, 2.75) is 0 Å². The summed E-state index contributed by atoms with van der Waals surface area (Å²) in [6.45, 7) is 0. The lowest BCUT2D eigenvalue weighted by Crippen LogP contribution is -2.06. The molecule has 0 saturated carbocycles. The quantitative estimate of drug-likeness (QED) is 0.695. The number of hydrogen-bond acceptors (Lipinski definition) is 6. The van der Waals surface area contributed by atoms with Crippen molar-refractivity contribution in [1.29, 1.82) is 0 Å². The molecule has 7 heteroatoms. The Labute approximate surface area is 113 Å². The maximum Gasteiger partial charge on any atom is 0.516 e. The van der Waals surface area contributed by atoms with Gasteiger partial charge in [-0.1, -0.05) is 0 Å². The number of fused-ring (bicyclic) bond motifs is 1. The molecular weight excluding hydrogens is 262 g/mol. The molecule has 0 aliphatic rings. The lowest BCUT2D eigenvalue weighted by atomic mass is 10.1. The van der Waals surface area contributed by atoms with Crippen molar-refractivity contribution in [2.24, 2.45) is 0 Å². The van der Waals surface area contributed by atoms with E-state index in [-0.39, 0.29) is 5.95 Å². The molecule has 0 atom stereocenters. The number of ether oxygens (including phenoxy) is 2. The summed E-state index contributed by atoms with van der Waals surface area (Å²) < 4.78 is 14.6. The van der Waals surface area contributed by atoms with Gasteiger partial charge in [-0.2, -0.15) is 5.10 Å². The zero-order valence-corrected chi connectivity index (χ0v) is 10.5. The Morgan fingerprint density at radius 1 is 1.35 bits per heavy atom. The average molecular weight is 273 g/mol. The van der Waals surface area contributed by atoms with Crippen molar-refractivity contribution < 1.29 is 18.7 Å². The van der Waals surface area contributed by atoms with E-state index < -0.39 is 6.16 Å². The summed E-state index contributed by atoms with van der Waals surface area (Å²) in [5, 5.41) is 7.54. The third-order valence-corrected chi connectivity index (χ3v) is 2.81. The zero-order chi connectivity index (χ0) is 14.1. The normalized spacial score (nSPS) is 10.7. The molecule has 0 amide bonds. The number of anilines is 1. The fraction of sp³-hybridized carbons (Fsp3) is 0.0769. The van der Waals surface area contributed by atoms with Crippen molar-refractivity contribution >= 4 is 22.9 Å². The summed E-state index contributed by atoms with van der Waals surface area (Å²) in [5.74, 6) is 1.03. The Morgan fingerprint density at radius 2 is 2.20 bits per heavy atom. The maximum atomic E-state index is 11.0. The van der Waals surface area contributed by atoms with Gasteiger partial charge in [-0.3, -0.25) is 5.10 Å². The first-order valence-corrected chi connectivity index (χ1v) is 5.77. The van der Waals surface area contributed by atoms with Crippen LogP contribution in [0, 0.1) is 0 Å². The summed E-state index contributed by atoms with van der Waals surface area (Å²) in [6, 6.07) is 8.76. The Hall–Kier alpha value is -2.96. The molecule has 3 N–H and O–H groups in total. The second-order valence-corrected chi connectivity index (χ2v) is 4.04. The van der Waals surface area contributed by atoms with Gasteiger partial charge < -0.3 is 19.6 Å². The molecule has 0 bridgehead atoms. The number of nitrogens with one attached hydrogen (secondary N) is 1. The van der Waals surface area contributed by atoms with Crippen molar-refractivity contribution in [3.8, 4) is 17.3 Å². The predicted octanol–water partition coefficient (Wildman–Crippen LogP) is 2.55. The lowest BCUT2D eigenvalue weighted by Gasteiger charge is -1.99. The number of carbonyl (C=O) groups is 1. The molecule has 3 rings (SSSR count). The van der Waals surface area contributed by atoms with Gasteiger partial charge >= 0.3 is 6.16 Å². The molecule has 0 saturated heterocycles. The van der Waals surface area contributed by atoms with Crippen LogP contribution >= 0.6 is 0 Å². The topological polar surface area (TPSA) is 103 Å². The number of aromatic amines is 1. The summed E-state index contributed by atoms with van der Waals surface area (Å²) in [5.41, 5.74) is 7.39. The van der Waals surface area contributed by atoms with E-state index in [1.807, 2.05) is 18.2 Å². The molecular formula is C13H11N3O4. The Kier molecular flexibility index (Phi) is 2.79. The second kappa shape index (κ2) is 4.61. The van der Waals surface area contributed by atoms with Crippen molar-refractivity contribution in [1.82, 2.24) is 10.2 Å². The van der Waals surface area contributed by atoms with Crippen molar-refractivity contribution in [3.63, 3.8) is 0 Å². The van der Waals surface area contributed by atoms with E-state index in [1.54, 1.807) is 6.07 Å². The predicted molar refractivity (Wildman–Crippen MR) is 71.2 cm³/mol. The molecule has 102 valence electrons. The van der Waals surface area contributed by atoms with Crippen LogP contribution in [-0.2, 0) is 4.74 Å². The summed E-state index contributed by atoms with van der Waals surface area (Å²) in [6.07, 6.45) is -0.833. The van der Waals surface area contributed by atoms with Gasteiger partial charge in [0, 0.05) is 17.0 Å². The van der Waals surface area contributed by atoms with Crippen LogP contribution < -0.4 is 10.5 Å². The zero-order valence-electron chi connectivity index (χ0n) is 10.5. The molecule has 0 aliphatic heterocycles. The number of rotatable bonds is 2. The SMILES string of the molecule is COC(=O)Oc1ccc(-c2ccc3[nH]nc(N)c3c2)o1. The van der Waals surface area contributed by atoms with Crippen LogP contribution in [0.3, 0.4) is 0 Å². The molecule has 3 aromatic rings. The van der Waals surface area contributed by atoms with Crippen LogP contribution in [-0.4, -0.2) is 23.5 Å². The van der Waals surface area contributed by atoms with Crippen LogP contribution in [0.4, 0.5) is 10.6 Å². The molecule has 0 radical (unpaired) electrons. The van der Waals surface area contributed by atoms with E-state index in [9.17, 15) is 4.79 Å². The largest absolute Gasteiger partial charge is 0.516 e. The molecule has 2 aromatic heterocycles. The Bertz CT molecular complexity index is 775. The molecule has 20 heavy (non-hydrogen) atoms. The van der Waals surface area contributed by atoms with Gasteiger partial charge in [0.2, 0.25) is 0 Å². The van der Waals surface area contributed by atoms with Crippen LogP contribution in [0.25, 0.3) is 22.2 Å². The molecule has 0 fully saturated rings. The molecule has 0 unspecified atom stereocenters. The molecule has 0 spiro atoms. The molecule has 0 aliphatic carbocycles. The van der Waals surface area contributed by atoms with Crippen LogP contribution in [0.1, 0.15) is 0 Å². The van der Waals surface area contributed by atoms with E-state index in [0.29, 0.717) is 11.6 Å². The number of nitrogens with two attached hydrogens (primary N) is 1. The number of hydrogen-bond donors (Lipinski definition) is 2. The first-order valence-electron chi connectivity index (χ1n) is 5.77. The molecule has 2 heterocycles. The van der Waals surface area contributed by atoms with E-state index in [4.69, 9.17) is 14.9 Å². The highest BCUT2D eigenvalue weighted by atomic mass is 16.7. The maximum absolute atomic E-state index is 11.0. The number of methoxy groups -OCH3 is 1. The third kappa shape index (κ3) is 2.05. The third-order valence-electron chi connectivity index (χ3n) is 2.81. The van der Waals surface area contributed by atoms with Gasteiger partial charge in [0.05, 0.1) is 12.6 Å². The summed E-state index contributed by atoms with van der Waals surface area (Å²) in [7, 11) is 1.22. The highest BCUT2D eigenvalue weighted by Gasteiger charge is 2.11. The van der Waals surface area contributed by atoms with Gasteiger partial charge in [-0.05, 0) is 24.3 Å². The number of furan rings is 1. The van der Waals surface area contributed by atoms with Gasteiger partial charge in [0.1, 0.15) is 5.76 Å². The van der Waals surface area contributed by atoms with Crippen LogP contribution in [0.5, 0.6) is 5.95 Å². The highest BCUT2D eigenvalue weighted by molar-refractivity contribution is 5.91. The fourth-order valence-electron chi connectivity index (χ4n) is 1.84. The van der Waals surface area contributed by atoms with E-state index >= 15 is 0 Å². The van der Waals surface area contributed by atoms with E-state index in [0.717, 1.165) is 16.5 Å². The van der Waals surface area contributed by atoms with Gasteiger partial charge in [-0.15, -0.1) is 0 Å². The number of benzene rings is 1. The van der Waals surface area contributed by atoms with Crippen LogP contribution in [0.15, 0.2) is 34.7 Å². The minimum Gasteiger partial charge on any atom is -0.437 e. The van der Waals surface area contributed by atoms with Gasteiger partial charge in [0.15, 0.2) is 5.82 Å². The number of aromatic nitrogens is 2. The Morgan fingerprint density at radius 3 is 3.00 bits per heavy atom. The molecule has 7 nitrogen and oxygen atoms in total. The Balaban J connectivity index is 1.94. The number of nitrogens with zero attached hydrogens (tertiary/aromatic N) is 1.